The number of likely N-dealkylation sites (tertiary alicyclic amines) is 1. The van der Waals surface area contributed by atoms with Crippen LogP contribution in [-0.2, 0) is 16.1 Å². The zero-order valence-corrected chi connectivity index (χ0v) is 12.4. The molecular formula is C15H22N4O2. The smallest absolute Gasteiger partial charge is 0.227 e. The van der Waals surface area contributed by atoms with Crippen LogP contribution < -0.4 is 0 Å². The maximum absolute atomic E-state index is 12.5. The molecule has 6 nitrogen and oxygen atoms in total. The largest absolute Gasteiger partial charge is 0.347 e. The van der Waals surface area contributed by atoms with Gasteiger partial charge in [0.1, 0.15) is 5.82 Å². The van der Waals surface area contributed by atoms with Gasteiger partial charge in [-0.05, 0) is 25.7 Å². The number of nitrogens with one attached hydrogen (secondary N) is 1. The molecule has 0 spiro atoms. The Bertz CT molecular complexity index is 510. The van der Waals surface area contributed by atoms with E-state index < -0.39 is 0 Å². The number of carbonyl (C=O) groups excluding carboxylic acids is 2. The first-order valence-corrected chi connectivity index (χ1v) is 7.67. The Morgan fingerprint density at radius 3 is 2.86 bits per heavy atom. The molecule has 1 atom stereocenters. The van der Waals surface area contributed by atoms with Gasteiger partial charge in [-0.15, -0.1) is 0 Å². The lowest BCUT2D eigenvalue weighted by atomic mass is 9.96. The zero-order chi connectivity index (χ0) is 14.8. The quantitative estimate of drug-likeness (QED) is 0.900. The predicted molar refractivity (Wildman–Crippen MR) is 77.1 cm³/mol. The van der Waals surface area contributed by atoms with E-state index in [-0.39, 0.29) is 23.7 Å². The Balaban J connectivity index is 1.57. The SMILES string of the molecule is CN(Cc1ncc[nH]1)C(=O)C1CCCN(C(=O)C2CC2)C1. The molecule has 1 aliphatic carbocycles. The van der Waals surface area contributed by atoms with Crippen molar-refractivity contribution in [2.24, 2.45) is 11.8 Å². The monoisotopic (exact) mass is 290 g/mol. The minimum Gasteiger partial charge on any atom is -0.347 e. The number of aromatic amines is 1. The molecule has 1 unspecified atom stereocenters. The van der Waals surface area contributed by atoms with Crippen LogP contribution in [0.1, 0.15) is 31.5 Å². The van der Waals surface area contributed by atoms with Gasteiger partial charge in [0.25, 0.3) is 0 Å². The van der Waals surface area contributed by atoms with Gasteiger partial charge in [-0.1, -0.05) is 0 Å². The predicted octanol–water partition coefficient (Wildman–Crippen LogP) is 1.02. The van der Waals surface area contributed by atoms with E-state index in [0.29, 0.717) is 13.1 Å². The second-order valence-corrected chi connectivity index (χ2v) is 6.13. The average Bonchev–Trinajstić information content (AvgIpc) is 3.24. The standard InChI is InChI=1S/C15H22N4O2/c1-18(10-13-16-6-7-17-13)14(20)12-3-2-8-19(9-12)15(21)11-4-5-11/h6-7,11-12H,2-5,8-10H2,1H3,(H,16,17). The molecule has 0 radical (unpaired) electrons. The first-order chi connectivity index (χ1) is 10.1. The summed E-state index contributed by atoms with van der Waals surface area (Å²) in [6, 6.07) is 0. The van der Waals surface area contributed by atoms with Crippen molar-refractivity contribution in [1.29, 1.82) is 0 Å². The van der Waals surface area contributed by atoms with Gasteiger partial charge in [0.05, 0.1) is 12.5 Å². The summed E-state index contributed by atoms with van der Waals surface area (Å²) in [5, 5.41) is 0. The minimum absolute atomic E-state index is 0.0681. The molecule has 2 fully saturated rings. The van der Waals surface area contributed by atoms with E-state index in [9.17, 15) is 9.59 Å². The molecule has 0 bridgehead atoms. The summed E-state index contributed by atoms with van der Waals surface area (Å²) in [5.41, 5.74) is 0. The van der Waals surface area contributed by atoms with Crippen LogP contribution in [0.4, 0.5) is 0 Å². The first kappa shape index (κ1) is 14.1. The number of hydrogen-bond donors (Lipinski definition) is 1. The number of aromatic nitrogens is 2. The molecule has 2 heterocycles. The van der Waals surface area contributed by atoms with Crippen LogP contribution in [0.15, 0.2) is 12.4 Å². The fraction of sp³-hybridized carbons (Fsp3) is 0.667. The zero-order valence-electron chi connectivity index (χ0n) is 12.4. The van der Waals surface area contributed by atoms with E-state index in [4.69, 9.17) is 0 Å². The van der Waals surface area contributed by atoms with E-state index in [1.807, 2.05) is 4.90 Å². The number of carbonyl (C=O) groups is 2. The highest BCUT2D eigenvalue weighted by molar-refractivity contribution is 5.83. The molecule has 1 aliphatic heterocycles. The van der Waals surface area contributed by atoms with Crippen molar-refractivity contribution < 1.29 is 9.59 Å². The molecule has 1 saturated carbocycles. The minimum atomic E-state index is -0.0681. The summed E-state index contributed by atoms with van der Waals surface area (Å²) in [7, 11) is 1.80. The average molecular weight is 290 g/mol. The van der Waals surface area contributed by atoms with Gasteiger partial charge in [0.15, 0.2) is 0 Å². The number of piperidine rings is 1. The topological polar surface area (TPSA) is 69.3 Å². The van der Waals surface area contributed by atoms with Crippen molar-refractivity contribution in [2.45, 2.75) is 32.2 Å². The Labute approximate surface area is 124 Å². The van der Waals surface area contributed by atoms with E-state index in [1.165, 1.54) is 0 Å². The van der Waals surface area contributed by atoms with Crippen molar-refractivity contribution in [1.82, 2.24) is 19.8 Å². The van der Waals surface area contributed by atoms with E-state index in [2.05, 4.69) is 9.97 Å². The summed E-state index contributed by atoms with van der Waals surface area (Å²) >= 11 is 0. The molecule has 1 N–H and O–H groups in total. The molecule has 114 valence electrons. The number of imidazole rings is 1. The third kappa shape index (κ3) is 3.25. The lowest BCUT2D eigenvalue weighted by Crippen LogP contribution is -2.46. The molecule has 1 aromatic heterocycles. The first-order valence-electron chi connectivity index (χ1n) is 7.67. The van der Waals surface area contributed by atoms with Crippen LogP contribution >= 0.6 is 0 Å². The molecule has 1 saturated heterocycles. The van der Waals surface area contributed by atoms with Crippen LogP contribution in [0.25, 0.3) is 0 Å². The van der Waals surface area contributed by atoms with Gasteiger partial charge in [-0.25, -0.2) is 4.98 Å². The molecule has 1 aromatic rings. The number of amides is 2. The highest BCUT2D eigenvalue weighted by Crippen LogP contribution is 2.32. The van der Waals surface area contributed by atoms with Gasteiger partial charge in [0.2, 0.25) is 11.8 Å². The third-order valence-corrected chi connectivity index (χ3v) is 4.33. The number of rotatable bonds is 4. The van der Waals surface area contributed by atoms with Crippen molar-refractivity contribution >= 4 is 11.8 Å². The van der Waals surface area contributed by atoms with Crippen LogP contribution in [0.2, 0.25) is 0 Å². The van der Waals surface area contributed by atoms with Crippen LogP contribution in [0.5, 0.6) is 0 Å². The summed E-state index contributed by atoms with van der Waals surface area (Å²) in [5.74, 6) is 1.31. The normalized spacial score (nSPS) is 22.1. The summed E-state index contributed by atoms with van der Waals surface area (Å²) < 4.78 is 0. The Kier molecular flexibility index (Phi) is 3.94. The number of nitrogens with zero attached hydrogens (tertiary/aromatic N) is 3. The second kappa shape index (κ2) is 5.87. The van der Waals surface area contributed by atoms with Crippen LogP contribution in [-0.4, -0.2) is 51.7 Å². The van der Waals surface area contributed by atoms with E-state index in [0.717, 1.165) is 38.1 Å². The lowest BCUT2D eigenvalue weighted by Gasteiger charge is -2.34. The molecular weight excluding hydrogens is 268 g/mol. The summed E-state index contributed by atoms with van der Waals surface area (Å²) in [4.78, 5) is 35.4. The Morgan fingerprint density at radius 1 is 1.38 bits per heavy atom. The van der Waals surface area contributed by atoms with Gasteiger partial charge < -0.3 is 14.8 Å². The molecule has 6 heteroatoms. The maximum Gasteiger partial charge on any atom is 0.227 e. The molecule has 2 amide bonds. The van der Waals surface area contributed by atoms with Crippen molar-refractivity contribution in [3.63, 3.8) is 0 Å². The van der Waals surface area contributed by atoms with Crippen LogP contribution in [0.3, 0.4) is 0 Å². The van der Waals surface area contributed by atoms with Gasteiger partial charge in [0, 0.05) is 38.4 Å². The Morgan fingerprint density at radius 2 is 2.19 bits per heavy atom. The van der Waals surface area contributed by atoms with Crippen molar-refractivity contribution in [3.05, 3.63) is 18.2 Å². The van der Waals surface area contributed by atoms with Crippen LogP contribution in [0, 0.1) is 11.8 Å². The molecule has 21 heavy (non-hydrogen) atoms. The molecule has 0 aromatic carbocycles. The van der Waals surface area contributed by atoms with Gasteiger partial charge >= 0.3 is 0 Å². The van der Waals surface area contributed by atoms with Gasteiger partial charge in [-0.2, -0.15) is 0 Å². The fourth-order valence-electron chi connectivity index (χ4n) is 2.97. The van der Waals surface area contributed by atoms with Crippen molar-refractivity contribution in [2.75, 3.05) is 20.1 Å². The summed E-state index contributed by atoms with van der Waals surface area (Å²) in [6.45, 7) is 1.87. The number of hydrogen-bond acceptors (Lipinski definition) is 3. The Hall–Kier alpha value is -1.85. The van der Waals surface area contributed by atoms with Crippen molar-refractivity contribution in [3.8, 4) is 0 Å². The fourth-order valence-corrected chi connectivity index (χ4v) is 2.97. The lowest BCUT2D eigenvalue weighted by molar-refractivity contribution is -0.141. The highest BCUT2D eigenvalue weighted by atomic mass is 16.2. The maximum atomic E-state index is 12.5. The number of H-pyrrole nitrogens is 1. The highest BCUT2D eigenvalue weighted by Gasteiger charge is 2.37. The summed E-state index contributed by atoms with van der Waals surface area (Å²) in [6.07, 6.45) is 7.27. The molecule has 2 aliphatic rings. The second-order valence-electron chi connectivity index (χ2n) is 6.13. The van der Waals surface area contributed by atoms with Gasteiger partial charge in [-0.3, -0.25) is 9.59 Å². The molecule has 3 rings (SSSR count). The third-order valence-electron chi connectivity index (χ3n) is 4.33. The van der Waals surface area contributed by atoms with E-state index in [1.54, 1.807) is 24.3 Å². The van der Waals surface area contributed by atoms with E-state index >= 15 is 0 Å².